The molecule has 0 radical (unpaired) electrons. The molecule has 0 amide bonds. The molecule has 0 N–H and O–H groups in total. The highest BCUT2D eigenvalue weighted by molar-refractivity contribution is 5.85. The van der Waals surface area contributed by atoms with E-state index in [2.05, 4.69) is 23.3 Å². The summed E-state index contributed by atoms with van der Waals surface area (Å²) in [6.45, 7) is 0.978. The van der Waals surface area contributed by atoms with Gasteiger partial charge in [0.25, 0.3) is 0 Å². The van der Waals surface area contributed by atoms with Gasteiger partial charge in [-0.1, -0.05) is 12.1 Å². The van der Waals surface area contributed by atoms with Gasteiger partial charge < -0.3 is 0 Å². The van der Waals surface area contributed by atoms with Gasteiger partial charge in [-0.3, -0.25) is 4.99 Å². The second kappa shape index (κ2) is 3.23. The summed E-state index contributed by atoms with van der Waals surface area (Å²) in [4.78, 5) is 4.40. The second-order valence-corrected chi connectivity index (χ2v) is 4.27. The summed E-state index contributed by atoms with van der Waals surface area (Å²) >= 11 is 0. The molecule has 1 heteroatoms. The lowest BCUT2D eigenvalue weighted by atomic mass is 9.85. The van der Waals surface area contributed by atoms with Gasteiger partial charge in [-0.15, -0.1) is 0 Å². The minimum absolute atomic E-state index is 0.978. The van der Waals surface area contributed by atoms with Crippen molar-refractivity contribution in [1.82, 2.24) is 0 Å². The lowest BCUT2D eigenvalue weighted by Crippen LogP contribution is -2.12. The Kier molecular flexibility index (Phi) is 1.90. The van der Waals surface area contributed by atoms with Crippen molar-refractivity contribution in [3.05, 3.63) is 34.4 Å². The maximum absolute atomic E-state index is 4.40. The van der Waals surface area contributed by atoms with Crippen LogP contribution in [0, 0.1) is 0 Å². The Bertz CT molecular complexity index is 390. The van der Waals surface area contributed by atoms with Crippen molar-refractivity contribution in [3.8, 4) is 0 Å². The van der Waals surface area contributed by atoms with Crippen LogP contribution in [0.4, 0.5) is 0 Å². The van der Waals surface area contributed by atoms with E-state index in [0.717, 1.165) is 13.0 Å². The highest BCUT2D eigenvalue weighted by atomic mass is 14.7. The largest absolute Gasteiger partial charge is 0.292 e. The molecule has 0 fully saturated rings. The van der Waals surface area contributed by atoms with E-state index < -0.39 is 0 Å². The number of hydrogen-bond acceptors (Lipinski definition) is 1. The van der Waals surface area contributed by atoms with Crippen LogP contribution in [0.3, 0.4) is 0 Å². The molecule has 2 aliphatic rings. The van der Waals surface area contributed by atoms with Crippen molar-refractivity contribution in [3.63, 3.8) is 0 Å². The molecule has 0 unspecified atom stereocenters. The van der Waals surface area contributed by atoms with E-state index in [0.29, 0.717) is 0 Å². The smallest absolute Gasteiger partial charge is 0.0430 e. The summed E-state index contributed by atoms with van der Waals surface area (Å²) in [6.07, 6.45) is 8.50. The molecule has 1 aliphatic carbocycles. The van der Waals surface area contributed by atoms with Crippen LogP contribution in [0.1, 0.15) is 35.1 Å². The summed E-state index contributed by atoms with van der Waals surface area (Å²) in [7, 11) is 0. The molecular formula is C13H15N. The van der Waals surface area contributed by atoms with E-state index in [1.165, 1.54) is 36.8 Å². The standard InChI is InChI=1S/C13H15N/c1-2-4-12-10(3-1)5-6-11-7-8-14-9-13(11)12/h5-6,9H,1-4,7-8H2. The molecule has 0 bridgehead atoms. The van der Waals surface area contributed by atoms with E-state index in [-0.39, 0.29) is 0 Å². The Morgan fingerprint density at radius 1 is 0.929 bits per heavy atom. The fourth-order valence-electron chi connectivity index (χ4n) is 2.62. The van der Waals surface area contributed by atoms with Crippen molar-refractivity contribution < 1.29 is 0 Å². The molecule has 14 heavy (non-hydrogen) atoms. The highest BCUT2D eigenvalue weighted by Gasteiger charge is 2.16. The monoisotopic (exact) mass is 185 g/mol. The Labute approximate surface area is 84.9 Å². The first kappa shape index (κ1) is 8.22. The molecule has 1 nitrogen and oxygen atoms in total. The number of fused-ring (bicyclic) bond motifs is 3. The lowest BCUT2D eigenvalue weighted by molar-refractivity contribution is 0.682. The molecule has 0 atom stereocenters. The van der Waals surface area contributed by atoms with Crippen molar-refractivity contribution in [2.75, 3.05) is 6.54 Å². The Hall–Kier alpha value is -1.11. The van der Waals surface area contributed by atoms with Gasteiger partial charge in [-0.05, 0) is 54.4 Å². The fourth-order valence-corrected chi connectivity index (χ4v) is 2.62. The Morgan fingerprint density at radius 3 is 2.79 bits per heavy atom. The number of aryl methyl sites for hydroxylation is 1. The van der Waals surface area contributed by atoms with Crippen molar-refractivity contribution in [2.24, 2.45) is 4.99 Å². The van der Waals surface area contributed by atoms with Crippen molar-refractivity contribution in [2.45, 2.75) is 32.1 Å². The Morgan fingerprint density at radius 2 is 1.79 bits per heavy atom. The van der Waals surface area contributed by atoms with Crippen LogP contribution >= 0.6 is 0 Å². The molecule has 1 aromatic rings. The summed E-state index contributed by atoms with van der Waals surface area (Å²) in [5.74, 6) is 0. The molecule has 1 aromatic carbocycles. The van der Waals surface area contributed by atoms with Crippen LogP contribution < -0.4 is 0 Å². The zero-order valence-electron chi connectivity index (χ0n) is 8.42. The molecule has 1 heterocycles. The summed E-state index contributed by atoms with van der Waals surface area (Å²) in [6, 6.07) is 4.65. The lowest BCUT2D eigenvalue weighted by Gasteiger charge is -2.21. The van der Waals surface area contributed by atoms with Crippen molar-refractivity contribution >= 4 is 6.21 Å². The van der Waals surface area contributed by atoms with E-state index in [1.54, 1.807) is 11.1 Å². The quantitative estimate of drug-likeness (QED) is 0.589. The zero-order valence-corrected chi connectivity index (χ0v) is 8.42. The highest BCUT2D eigenvalue weighted by Crippen LogP contribution is 2.27. The minimum Gasteiger partial charge on any atom is -0.292 e. The van der Waals surface area contributed by atoms with Crippen LogP contribution in [-0.2, 0) is 19.3 Å². The van der Waals surface area contributed by atoms with Gasteiger partial charge in [-0.25, -0.2) is 0 Å². The van der Waals surface area contributed by atoms with Crippen LogP contribution in [0.2, 0.25) is 0 Å². The molecular weight excluding hydrogens is 170 g/mol. The number of aliphatic imine (C=N–C) groups is 1. The van der Waals surface area contributed by atoms with Gasteiger partial charge in [0.2, 0.25) is 0 Å². The topological polar surface area (TPSA) is 12.4 Å². The third kappa shape index (κ3) is 1.19. The molecule has 1 aliphatic heterocycles. The first-order valence-corrected chi connectivity index (χ1v) is 5.58. The third-order valence-corrected chi connectivity index (χ3v) is 3.40. The molecule has 72 valence electrons. The molecule has 3 rings (SSSR count). The van der Waals surface area contributed by atoms with E-state index >= 15 is 0 Å². The van der Waals surface area contributed by atoms with Crippen LogP contribution in [0.25, 0.3) is 0 Å². The molecule has 0 spiro atoms. The third-order valence-electron chi connectivity index (χ3n) is 3.40. The average molecular weight is 185 g/mol. The van der Waals surface area contributed by atoms with Gasteiger partial charge in [0.1, 0.15) is 0 Å². The first-order chi connectivity index (χ1) is 6.95. The van der Waals surface area contributed by atoms with Crippen LogP contribution in [0.5, 0.6) is 0 Å². The first-order valence-electron chi connectivity index (χ1n) is 5.58. The maximum Gasteiger partial charge on any atom is 0.0430 e. The Balaban J connectivity index is 2.18. The van der Waals surface area contributed by atoms with E-state index in [4.69, 9.17) is 0 Å². The summed E-state index contributed by atoms with van der Waals surface area (Å²) in [5.41, 5.74) is 6.13. The van der Waals surface area contributed by atoms with Crippen LogP contribution in [0.15, 0.2) is 17.1 Å². The molecule has 0 saturated carbocycles. The fraction of sp³-hybridized carbons (Fsp3) is 0.462. The van der Waals surface area contributed by atoms with Crippen LogP contribution in [-0.4, -0.2) is 12.8 Å². The second-order valence-electron chi connectivity index (χ2n) is 4.27. The summed E-state index contributed by atoms with van der Waals surface area (Å²) < 4.78 is 0. The SMILES string of the molecule is C1=NCCc2ccc3c(c21)CCCC3. The molecule has 0 aromatic heterocycles. The molecule has 0 saturated heterocycles. The number of hydrogen-bond donors (Lipinski definition) is 0. The van der Waals surface area contributed by atoms with Gasteiger partial charge >= 0.3 is 0 Å². The van der Waals surface area contributed by atoms with Gasteiger partial charge in [0.15, 0.2) is 0 Å². The average Bonchev–Trinajstić information content (AvgIpc) is 2.29. The predicted octanol–water partition coefficient (Wildman–Crippen LogP) is 2.54. The minimum atomic E-state index is 0.978. The van der Waals surface area contributed by atoms with Crippen molar-refractivity contribution in [1.29, 1.82) is 0 Å². The van der Waals surface area contributed by atoms with Gasteiger partial charge in [0, 0.05) is 12.8 Å². The predicted molar refractivity (Wildman–Crippen MR) is 59.2 cm³/mol. The van der Waals surface area contributed by atoms with E-state index in [1.807, 2.05) is 0 Å². The number of benzene rings is 1. The number of rotatable bonds is 0. The summed E-state index contributed by atoms with van der Waals surface area (Å²) in [5, 5.41) is 0. The van der Waals surface area contributed by atoms with Gasteiger partial charge in [-0.2, -0.15) is 0 Å². The van der Waals surface area contributed by atoms with Gasteiger partial charge in [0.05, 0.1) is 0 Å². The maximum atomic E-state index is 4.40. The zero-order chi connectivity index (χ0) is 9.38. The van der Waals surface area contributed by atoms with E-state index in [9.17, 15) is 0 Å². The normalized spacial score (nSPS) is 18.9. The number of nitrogens with zero attached hydrogens (tertiary/aromatic N) is 1.